The highest BCUT2D eigenvalue weighted by Crippen LogP contribution is 2.27. The van der Waals surface area contributed by atoms with Crippen LogP contribution in [0.15, 0.2) is 0 Å². The van der Waals surface area contributed by atoms with Crippen molar-refractivity contribution >= 4 is 18.0 Å². The Labute approximate surface area is 169 Å². The number of alkyl carbamates (subject to hydrolysis) is 1. The molecule has 0 saturated heterocycles. The van der Waals surface area contributed by atoms with E-state index in [1.165, 1.54) is 0 Å². The second kappa shape index (κ2) is 13.4. The second-order valence-electron chi connectivity index (χ2n) is 8.33. The molecule has 4 atom stereocenters. The van der Waals surface area contributed by atoms with Gasteiger partial charge in [-0.25, -0.2) is 4.79 Å². The zero-order valence-corrected chi connectivity index (χ0v) is 18.5. The summed E-state index contributed by atoms with van der Waals surface area (Å²) < 4.78 is 10.5. The van der Waals surface area contributed by atoms with E-state index in [0.29, 0.717) is 5.92 Å². The van der Waals surface area contributed by atoms with Gasteiger partial charge in [-0.1, -0.05) is 67.7 Å². The van der Waals surface area contributed by atoms with Crippen LogP contribution in [-0.2, 0) is 19.1 Å². The summed E-state index contributed by atoms with van der Waals surface area (Å²) in [6.07, 6.45) is 1.51. The molecule has 7 nitrogen and oxygen atoms in total. The molecule has 164 valence electrons. The first-order valence-corrected chi connectivity index (χ1v) is 10.4. The van der Waals surface area contributed by atoms with Gasteiger partial charge in [0.15, 0.2) is 0 Å². The number of aliphatic carboxylic acids is 1. The molecule has 0 aromatic heterocycles. The summed E-state index contributed by atoms with van der Waals surface area (Å²) in [6, 6.07) is 0. The Kier molecular flexibility index (Phi) is 12.5. The van der Waals surface area contributed by atoms with Gasteiger partial charge in [0.25, 0.3) is 6.29 Å². The number of carbonyl (C=O) groups excluding carboxylic acids is 2. The maximum atomic E-state index is 12.2. The van der Waals surface area contributed by atoms with Crippen LogP contribution in [0.1, 0.15) is 74.1 Å². The highest BCUT2D eigenvalue weighted by Gasteiger charge is 2.27. The molecular formula is C21H39NO6. The van der Waals surface area contributed by atoms with Crippen molar-refractivity contribution in [1.82, 2.24) is 5.32 Å². The van der Waals surface area contributed by atoms with Crippen molar-refractivity contribution in [2.75, 3.05) is 6.54 Å². The normalized spacial score (nSPS) is 15.6. The Morgan fingerprint density at radius 2 is 1.61 bits per heavy atom. The highest BCUT2D eigenvalue weighted by atomic mass is 16.7. The first-order chi connectivity index (χ1) is 13.0. The Balaban J connectivity index is 4.82. The molecule has 0 aromatic rings. The van der Waals surface area contributed by atoms with E-state index in [2.05, 4.69) is 19.2 Å². The van der Waals surface area contributed by atoms with Crippen molar-refractivity contribution in [3.63, 3.8) is 0 Å². The van der Waals surface area contributed by atoms with Gasteiger partial charge in [0, 0.05) is 12.5 Å². The summed E-state index contributed by atoms with van der Waals surface area (Å²) in [6.45, 7) is 13.5. The largest absolute Gasteiger partial charge is 0.481 e. The van der Waals surface area contributed by atoms with Crippen molar-refractivity contribution < 1.29 is 29.0 Å². The van der Waals surface area contributed by atoms with E-state index in [1.807, 2.05) is 6.92 Å². The van der Waals surface area contributed by atoms with Gasteiger partial charge in [-0.2, -0.15) is 0 Å². The lowest BCUT2D eigenvalue weighted by atomic mass is 9.79. The number of amides is 1. The molecule has 7 heteroatoms. The topological polar surface area (TPSA) is 102 Å². The van der Waals surface area contributed by atoms with E-state index in [4.69, 9.17) is 9.47 Å². The molecule has 0 aromatic carbocycles. The van der Waals surface area contributed by atoms with E-state index in [-0.39, 0.29) is 36.6 Å². The van der Waals surface area contributed by atoms with E-state index < -0.39 is 24.3 Å². The number of nitrogens with one attached hydrogen (secondary N) is 1. The summed E-state index contributed by atoms with van der Waals surface area (Å²) in [7, 11) is 0. The molecule has 2 N–H and O–H groups in total. The van der Waals surface area contributed by atoms with Crippen molar-refractivity contribution in [3.05, 3.63) is 0 Å². The van der Waals surface area contributed by atoms with Gasteiger partial charge in [0.1, 0.15) is 0 Å². The zero-order chi connectivity index (χ0) is 21.9. The lowest BCUT2D eigenvalue weighted by molar-refractivity contribution is -0.178. The fourth-order valence-corrected chi connectivity index (χ4v) is 2.83. The number of hydrogen-bond acceptors (Lipinski definition) is 5. The fourth-order valence-electron chi connectivity index (χ4n) is 2.83. The van der Waals surface area contributed by atoms with E-state index in [0.717, 1.165) is 19.3 Å². The van der Waals surface area contributed by atoms with Crippen LogP contribution in [0.2, 0.25) is 0 Å². The molecule has 0 rings (SSSR count). The van der Waals surface area contributed by atoms with Gasteiger partial charge in [0.05, 0.1) is 12.3 Å². The Hall–Kier alpha value is -1.79. The standard InChI is InChI=1S/C21H39NO6/c1-8-9-10-15(6)16(7)17(11-18(23)24)12-22-21(26)28-20(14(4)5)27-19(25)13(2)3/h13-17,20H,8-12H2,1-7H3,(H,22,26)(H,23,24)/t15-,16-,17+,20-/m1/s1. The molecule has 1 amide bonds. The number of carboxylic acid groups (broad SMARTS) is 1. The number of hydrogen-bond donors (Lipinski definition) is 2. The molecule has 0 saturated carbocycles. The molecule has 0 aliphatic heterocycles. The second-order valence-corrected chi connectivity index (χ2v) is 8.33. The number of ether oxygens (including phenoxy) is 2. The van der Waals surface area contributed by atoms with Crippen LogP contribution >= 0.6 is 0 Å². The molecule has 0 radical (unpaired) electrons. The summed E-state index contributed by atoms with van der Waals surface area (Å²) in [5.74, 6) is -1.54. The van der Waals surface area contributed by atoms with Crippen molar-refractivity contribution in [2.45, 2.75) is 80.4 Å². The van der Waals surface area contributed by atoms with Gasteiger partial charge >= 0.3 is 18.0 Å². The predicted octanol–water partition coefficient (Wildman–Crippen LogP) is 4.45. The number of carboxylic acids is 1. The minimum atomic E-state index is -0.978. The summed E-state index contributed by atoms with van der Waals surface area (Å²) in [5.41, 5.74) is 0. The molecule has 0 heterocycles. The minimum absolute atomic E-state index is 0.0200. The molecule has 0 bridgehead atoms. The average Bonchev–Trinajstić information content (AvgIpc) is 2.61. The SMILES string of the molecule is CCCC[C@@H](C)[C@@H](C)[C@H](CNC(=O)O[C@@H](OC(=O)C(C)C)C(C)C)CC(=O)O. The molecule has 0 fully saturated rings. The molecule has 0 unspecified atom stereocenters. The maximum Gasteiger partial charge on any atom is 0.410 e. The van der Waals surface area contributed by atoms with Crippen molar-refractivity contribution in [1.29, 1.82) is 0 Å². The Morgan fingerprint density at radius 1 is 1.00 bits per heavy atom. The number of esters is 1. The van der Waals surface area contributed by atoms with Crippen LogP contribution in [0.25, 0.3) is 0 Å². The lowest BCUT2D eigenvalue weighted by Gasteiger charge is -2.29. The van der Waals surface area contributed by atoms with Crippen LogP contribution < -0.4 is 5.32 Å². The third-order valence-corrected chi connectivity index (χ3v) is 5.07. The third kappa shape index (κ3) is 10.5. The highest BCUT2D eigenvalue weighted by molar-refractivity contribution is 5.72. The first-order valence-electron chi connectivity index (χ1n) is 10.4. The molecule has 0 aliphatic rings. The average molecular weight is 402 g/mol. The molecule has 0 aliphatic carbocycles. The van der Waals surface area contributed by atoms with Crippen LogP contribution in [-0.4, -0.2) is 36.0 Å². The van der Waals surface area contributed by atoms with Crippen LogP contribution in [0.3, 0.4) is 0 Å². The fraction of sp³-hybridized carbons (Fsp3) is 0.857. The Bertz CT molecular complexity index is 491. The van der Waals surface area contributed by atoms with Crippen LogP contribution in [0, 0.1) is 29.6 Å². The quantitative estimate of drug-likeness (QED) is 0.349. The van der Waals surface area contributed by atoms with E-state index in [1.54, 1.807) is 27.7 Å². The maximum absolute atomic E-state index is 12.2. The van der Waals surface area contributed by atoms with E-state index >= 15 is 0 Å². The third-order valence-electron chi connectivity index (χ3n) is 5.07. The summed E-state index contributed by atoms with van der Waals surface area (Å²) in [4.78, 5) is 35.2. The van der Waals surface area contributed by atoms with Gasteiger partial charge in [-0.15, -0.1) is 0 Å². The smallest absolute Gasteiger partial charge is 0.410 e. The number of rotatable bonds is 13. The van der Waals surface area contributed by atoms with Gasteiger partial charge < -0.3 is 19.9 Å². The van der Waals surface area contributed by atoms with Gasteiger partial charge in [-0.05, 0) is 17.8 Å². The summed E-state index contributed by atoms with van der Waals surface area (Å²) >= 11 is 0. The molecule has 28 heavy (non-hydrogen) atoms. The Morgan fingerprint density at radius 3 is 2.07 bits per heavy atom. The van der Waals surface area contributed by atoms with Crippen LogP contribution in [0.4, 0.5) is 4.79 Å². The van der Waals surface area contributed by atoms with Crippen molar-refractivity contribution in [3.8, 4) is 0 Å². The predicted molar refractivity (Wildman–Crippen MR) is 108 cm³/mol. The lowest BCUT2D eigenvalue weighted by Crippen LogP contribution is -2.39. The molecule has 0 spiro atoms. The zero-order valence-electron chi connectivity index (χ0n) is 18.5. The van der Waals surface area contributed by atoms with Crippen molar-refractivity contribution in [2.24, 2.45) is 29.6 Å². The van der Waals surface area contributed by atoms with Gasteiger partial charge in [-0.3, -0.25) is 9.59 Å². The summed E-state index contributed by atoms with van der Waals surface area (Å²) in [5, 5.41) is 11.9. The van der Waals surface area contributed by atoms with E-state index in [9.17, 15) is 19.5 Å². The monoisotopic (exact) mass is 401 g/mol. The van der Waals surface area contributed by atoms with Gasteiger partial charge in [0.2, 0.25) is 0 Å². The number of carbonyl (C=O) groups is 3. The first kappa shape index (κ1) is 26.2. The number of unbranched alkanes of at least 4 members (excludes halogenated alkanes) is 1. The molecular weight excluding hydrogens is 362 g/mol. The van der Waals surface area contributed by atoms with Crippen LogP contribution in [0.5, 0.6) is 0 Å². The minimum Gasteiger partial charge on any atom is -0.481 e.